The number of para-hydroxylation sites is 1. The third kappa shape index (κ3) is 3.88. The number of fused-ring (bicyclic) bond motifs is 10. The Balaban J connectivity index is 1.45. The molecule has 0 aliphatic carbocycles. The first-order chi connectivity index (χ1) is 19.3. The molecule has 7 rings (SSSR count). The van der Waals surface area contributed by atoms with Crippen molar-refractivity contribution in [2.75, 3.05) is 11.4 Å². The van der Waals surface area contributed by atoms with E-state index in [2.05, 4.69) is 40.1 Å². The quantitative estimate of drug-likeness (QED) is 0.260. The van der Waals surface area contributed by atoms with Crippen LogP contribution in [-0.4, -0.2) is 31.3 Å². The summed E-state index contributed by atoms with van der Waals surface area (Å²) < 4.78 is 57.0. The fourth-order valence-electron chi connectivity index (χ4n) is 6.10. The molecule has 40 heavy (non-hydrogen) atoms. The van der Waals surface area contributed by atoms with Gasteiger partial charge in [0.15, 0.2) is 0 Å². The Labute approximate surface area is 227 Å². The van der Waals surface area contributed by atoms with Gasteiger partial charge in [-0.05, 0) is 48.1 Å². The monoisotopic (exact) mass is 546 g/mol. The first-order valence-electron chi connectivity index (χ1n) is 13.5. The molecule has 0 fully saturated rings. The Morgan fingerprint density at radius 1 is 1.02 bits per heavy atom. The number of alkyl halides is 3. The van der Waals surface area contributed by atoms with Gasteiger partial charge >= 0.3 is 6.18 Å². The van der Waals surface area contributed by atoms with Crippen LogP contribution in [0.25, 0.3) is 27.8 Å². The van der Waals surface area contributed by atoms with Crippen LogP contribution >= 0.6 is 0 Å². The number of hydrogen-bond donors (Lipinski definition) is 1. The molecule has 2 bridgehead atoms. The normalized spacial score (nSPS) is 14.8. The van der Waals surface area contributed by atoms with Gasteiger partial charge in [0.1, 0.15) is 5.82 Å². The van der Waals surface area contributed by atoms with E-state index in [9.17, 15) is 13.2 Å². The van der Waals surface area contributed by atoms with Gasteiger partial charge in [-0.2, -0.15) is 18.3 Å². The minimum Gasteiger partial charge on any atom is -0.359 e. The highest BCUT2D eigenvalue weighted by atomic mass is 19.4. The number of H-pyrrole nitrogens is 1. The largest absolute Gasteiger partial charge is 0.419 e. The average molecular weight is 547 g/mol. The van der Waals surface area contributed by atoms with E-state index in [0.717, 1.165) is 64.4 Å². The Morgan fingerprint density at radius 3 is 2.60 bits per heavy atom. The van der Waals surface area contributed by atoms with E-state index in [-0.39, 0.29) is 11.8 Å². The summed E-state index contributed by atoms with van der Waals surface area (Å²) in [4.78, 5) is 13.1. The van der Waals surface area contributed by atoms with Crippen LogP contribution in [0.2, 0.25) is 0 Å². The molecule has 0 saturated carbocycles. The second kappa shape index (κ2) is 9.18. The highest BCUT2D eigenvalue weighted by Gasteiger charge is 2.33. The van der Waals surface area contributed by atoms with Gasteiger partial charge in [0, 0.05) is 54.6 Å². The Bertz CT molecular complexity index is 1750. The standard InChI is InChI=1S/C30H26F4N6/c1-2-4-17-5-3-6-18-7-8-19-13-22(21-9-11-35-26(21)25(19)31)28-23-16-39(12-10-24(23)38-40(28)27(17)18)29-36-14-20(15-37-29)30(32,33)34/h3,5-6,9,11,13-15,35H,2,4,7-8,10,12,16H2,1H3. The summed E-state index contributed by atoms with van der Waals surface area (Å²) in [5, 5.41) is 5.92. The number of aromatic nitrogens is 5. The lowest BCUT2D eigenvalue weighted by atomic mass is 9.95. The molecule has 0 spiro atoms. The van der Waals surface area contributed by atoms with Crippen molar-refractivity contribution in [2.24, 2.45) is 0 Å². The van der Waals surface area contributed by atoms with Crippen molar-refractivity contribution in [3.63, 3.8) is 0 Å². The van der Waals surface area contributed by atoms with Gasteiger partial charge < -0.3 is 9.88 Å². The Hall–Kier alpha value is -4.21. The van der Waals surface area contributed by atoms with Gasteiger partial charge in [0.25, 0.3) is 0 Å². The smallest absolute Gasteiger partial charge is 0.359 e. The molecular formula is C30H26F4N6. The predicted molar refractivity (Wildman–Crippen MR) is 144 cm³/mol. The number of hydrogen-bond acceptors (Lipinski definition) is 4. The van der Waals surface area contributed by atoms with E-state index in [4.69, 9.17) is 5.10 Å². The zero-order valence-corrected chi connectivity index (χ0v) is 21.8. The third-order valence-corrected chi connectivity index (χ3v) is 7.99. The molecule has 0 atom stereocenters. The zero-order chi connectivity index (χ0) is 27.6. The molecule has 2 aliphatic rings. The van der Waals surface area contributed by atoms with Crippen molar-refractivity contribution < 1.29 is 17.6 Å². The maximum absolute atomic E-state index is 15.6. The molecule has 3 aromatic heterocycles. The lowest BCUT2D eigenvalue weighted by molar-refractivity contribution is -0.138. The van der Waals surface area contributed by atoms with Gasteiger partial charge in [0.2, 0.25) is 5.95 Å². The van der Waals surface area contributed by atoms with Gasteiger partial charge in [-0.1, -0.05) is 31.5 Å². The van der Waals surface area contributed by atoms with Gasteiger partial charge in [-0.3, -0.25) is 0 Å². The fourth-order valence-corrected chi connectivity index (χ4v) is 6.10. The van der Waals surface area contributed by atoms with E-state index in [0.29, 0.717) is 43.4 Å². The second-order valence-electron chi connectivity index (χ2n) is 10.5. The molecule has 2 aromatic carbocycles. The van der Waals surface area contributed by atoms with Gasteiger partial charge in [-0.15, -0.1) is 0 Å². The molecule has 5 heterocycles. The molecule has 204 valence electrons. The van der Waals surface area contributed by atoms with Crippen LogP contribution in [0, 0.1) is 5.82 Å². The highest BCUT2D eigenvalue weighted by Crippen LogP contribution is 2.41. The first kappa shape index (κ1) is 24.8. The molecule has 5 aromatic rings. The summed E-state index contributed by atoms with van der Waals surface area (Å²) in [5.41, 5.74) is 7.20. The van der Waals surface area contributed by atoms with Gasteiger partial charge in [0.05, 0.1) is 28.2 Å². The molecule has 0 amide bonds. The Morgan fingerprint density at radius 2 is 1.82 bits per heavy atom. The predicted octanol–water partition coefficient (Wildman–Crippen LogP) is 6.58. The fraction of sp³-hybridized carbons (Fsp3) is 0.300. The summed E-state index contributed by atoms with van der Waals surface area (Å²) in [6, 6.07) is 10.1. The number of halogens is 4. The van der Waals surface area contributed by atoms with Crippen LogP contribution in [0.5, 0.6) is 0 Å². The van der Waals surface area contributed by atoms with Crippen LogP contribution in [0.3, 0.4) is 0 Å². The van der Waals surface area contributed by atoms with E-state index in [1.807, 2.05) is 21.7 Å². The summed E-state index contributed by atoms with van der Waals surface area (Å²) in [5.74, 6) is -0.00282. The van der Waals surface area contributed by atoms with E-state index in [1.54, 1.807) is 6.20 Å². The lowest BCUT2D eigenvalue weighted by Gasteiger charge is -2.27. The number of benzene rings is 2. The number of anilines is 1. The van der Waals surface area contributed by atoms with Crippen molar-refractivity contribution in [3.8, 4) is 16.9 Å². The van der Waals surface area contributed by atoms with E-state index in [1.165, 1.54) is 5.56 Å². The van der Waals surface area contributed by atoms with Crippen LogP contribution in [0.4, 0.5) is 23.5 Å². The van der Waals surface area contributed by atoms with Gasteiger partial charge in [-0.25, -0.2) is 19.0 Å². The maximum atomic E-state index is 15.6. The SMILES string of the molecule is CCCc1cccc2c1-n1nc3c(c1-c1cc(c(F)c4[nH]ccc14)CC2)CN(c1ncc(C(F)(F)F)cn1)CC3. The van der Waals surface area contributed by atoms with Crippen molar-refractivity contribution in [1.82, 2.24) is 24.7 Å². The molecule has 0 radical (unpaired) electrons. The maximum Gasteiger partial charge on any atom is 0.419 e. The zero-order valence-electron chi connectivity index (χ0n) is 21.8. The van der Waals surface area contributed by atoms with Crippen molar-refractivity contribution in [3.05, 3.63) is 88.3 Å². The molecule has 0 saturated heterocycles. The summed E-state index contributed by atoms with van der Waals surface area (Å²) in [6.45, 7) is 3.04. The molecule has 1 N–H and O–H groups in total. The van der Waals surface area contributed by atoms with Crippen molar-refractivity contribution in [1.29, 1.82) is 0 Å². The van der Waals surface area contributed by atoms with Crippen LogP contribution < -0.4 is 4.90 Å². The molecule has 10 heteroatoms. The number of nitrogens with one attached hydrogen (secondary N) is 1. The highest BCUT2D eigenvalue weighted by molar-refractivity contribution is 5.97. The average Bonchev–Trinajstić information content (AvgIpc) is 3.58. The number of aromatic amines is 1. The second-order valence-corrected chi connectivity index (χ2v) is 10.5. The lowest BCUT2D eigenvalue weighted by Crippen LogP contribution is -2.31. The molecule has 2 aliphatic heterocycles. The molecular weight excluding hydrogens is 520 g/mol. The van der Waals surface area contributed by atoms with Crippen molar-refractivity contribution >= 4 is 16.9 Å². The van der Waals surface area contributed by atoms with E-state index >= 15 is 4.39 Å². The van der Waals surface area contributed by atoms with Crippen LogP contribution in [0.1, 0.15) is 46.9 Å². The van der Waals surface area contributed by atoms with Crippen molar-refractivity contribution in [2.45, 2.75) is 51.7 Å². The minimum absolute atomic E-state index is 0.236. The number of rotatable bonds is 3. The van der Waals surface area contributed by atoms with E-state index < -0.39 is 11.7 Å². The number of nitrogens with zero attached hydrogens (tertiary/aromatic N) is 5. The molecule has 6 nitrogen and oxygen atoms in total. The minimum atomic E-state index is -4.50. The van der Waals surface area contributed by atoms with Crippen LogP contribution in [0.15, 0.2) is 48.9 Å². The third-order valence-electron chi connectivity index (χ3n) is 7.99. The summed E-state index contributed by atoms with van der Waals surface area (Å²) in [6.07, 6.45) is 2.55. The van der Waals surface area contributed by atoms with Crippen LogP contribution in [-0.2, 0) is 38.4 Å². The molecule has 0 unspecified atom stereocenters. The summed E-state index contributed by atoms with van der Waals surface area (Å²) in [7, 11) is 0. The first-order valence-corrected chi connectivity index (χ1v) is 13.5. The summed E-state index contributed by atoms with van der Waals surface area (Å²) >= 11 is 0. The Kier molecular flexibility index (Phi) is 5.69. The number of aryl methyl sites for hydroxylation is 3. The topological polar surface area (TPSA) is 62.6 Å².